The predicted octanol–water partition coefficient (Wildman–Crippen LogP) is 4.15. The Kier molecular flexibility index (Phi) is 7.12. The van der Waals surface area contributed by atoms with Crippen LogP contribution in [0.3, 0.4) is 0 Å². The molecule has 8 nitrogen and oxygen atoms in total. The fourth-order valence-corrected chi connectivity index (χ4v) is 5.60. The average molecular weight is 511 g/mol. The highest BCUT2D eigenvalue weighted by molar-refractivity contribution is 7.92. The molecule has 3 aromatic carbocycles. The first-order valence-electron chi connectivity index (χ1n) is 11.5. The van der Waals surface area contributed by atoms with Gasteiger partial charge in [-0.15, -0.1) is 0 Å². The molecular formula is C27H30N2O6S. The Labute approximate surface area is 211 Å². The third kappa shape index (κ3) is 4.97. The highest BCUT2D eigenvalue weighted by Gasteiger charge is 2.38. The van der Waals surface area contributed by atoms with Gasteiger partial charge in [0.1, 0.15) is 17.2 Å². The summed E-state index contributed by atoms with van der Waals surface area (Å²) in [4.78, 5) is 13.5. The number of sulfonamides is 1. The van der Waals surface area contributed by atoms with Gasteiger partial charge in [-0.3, -0.25) is 9.10 Å². The molecule has 36 heavy (non-hydrogen) atoms. The van der Waals surface area contributed by atoms with Crippen molar-refractivity contribution in [1.29, 1.82) is 0 Å². The molecular weight excluding hydrogens is 480 g/mol. The minimum absolute atomic E-state index is 0.148. The Hall–Kier alpha value is -3.72. The van der Waals surface area contributed by atoms with Gasteiger partial charge < -0.3 is 19.5 Å². The molecule has 0 bridgehead atoms. The van der Waals surface area contributed by atoms with Crippen molar-refractivity contribution in [1.82, 2.24) is 5.32 Å². The normalized spacial score (nSPS) is 15.9. The minimum Gasteiger partial charge on any atom is -0.497 e. The second-order valence-corrected chi connectivity index (χ2v) is 10.6. The van der Waals surface area contributed by atoms with E-state index in [2.05, 4.69) is 5.32 Å². The van der Waals surface area contributed by atoms with Gasteiger partial charge >= 0.3 is 0 Å². The lowest BCUT2D eigenvalue weighted by atomic mass is 10.1. The number of hydrogen-bond donors (Lipinski definition) is 1. The minimum atomic E-state index is -3.93. The molecule has 0 unspecified atom stereocenters. The van der Waals surface area contributed by atoms with E-state index in [-0.39, 0.29) is 11.4 Å². The second kappa shape index (κ2) is 10.1. The van der Waals surface area contributed by atoms with E-state index in [0.717, 1.165) is 16.7 Å². The van der Waals surface area contributed by atoms with Crippen LogP contribution < -0.4 is 23.8 Å². The number of benzene rings is 3. The summed E-state index contributed by atoms with van der Waals surface area (Å²) in [7, 11) is -0.820. The van der Waals surface area contributed by atoms with Crippen molar-refractivity contribution in [2.75, 3.05) is 25.1 Å². The first-order chi connectivity index (χ1) is 17.1. The van der Waals surface area contributed by atoms with E-state index < -0.39 is 28.1 Å². The number of aryl methyl sites for hydroxylation is 2. The van der Waals surface area contributed by atoms with Crippen molar-refractivity contribution in [3.8, 4) is 17.2 Å². The summed E-state index contributed by atoms with van der Waals surface area (Å²) in [6.07, 6.45) is -1.06. The van der Waals surface area contributed by atoms with Gasteiger partial charge in [0, 0.05) is 5.56 Å². The number of hydrogen-bond acceptors (Lipinski definition) is 6. The number of carbonyl (C=O) groups excluding carboxylic acids is 1. The van der Waals surface area contributed by atoms with Crippen molar-refractivity contribution in [3.63, 3.8) is 0 Å². The maximum absolute atomic E-state index is 13.6. The fraction of sp³-hybridized carbons (Fsp3) is 0.296. The summed E-state index contributed by atoms with van der Waals surface area (Å²) >= 11 is 0. The van der Waals surface area contributed by atoms with Crippen LogP contribution in [-0.4, -0.2) is 41.2 Å². The average Bonchev–Trinajstić information content (AvgIpc) is 2.87. The smallest absolute Gasteiger partial charge is 0.264 e. The van der Waals surface area contributed by atoms with Crippen LogP contribution in [-0.2, 0) is 14.8 Å². The summed E-state index contributed by atoms with van der Waals surface area (Å²) in [5.41, 5.74) is 2.96. The third-order valence-electron chi connectivity index (χ3n) is 6.15. The topological polar surface area (TPSA) is 94.2 Å². The number of carbonyl (C=O) groups is 1. The van der Waals surface area contributed by atoms with E-state index >= 15 is 0 Å². The SMILES string of the molecule is COc1ccc(OC)c([C@H](C)NC(=O)[C@@H]2CN(S(=O)(=O)c3ccc(C)cc3)c3ccc(C)cc3O2)c1. The molecule has 0 saturated carbocycles. The summed E-state index contributed by atoms with van der Waals surface area (Å²) in [6, 6.07) is 16.8. The Balaban J connectivity index is 1.65. The molecule has 0 fully saturated rings. The van der Waals surface area contributed by atoms with Crippen LogP contribution in [0.2, 0.25) is 0 Å². The van der Waals surface area contributed by atoms with Gasteiger partial charge in [0.25, 0.3) is 15.9 Å². The van der Waals surface area contributed by atoms with Crippen LogP contribution in [0.25, 0.3) is 0 Å². The number of methoxy groups -OCH3 is 2. The molecule has 1 N–H and O–H groups in total. The Morgan fingerprint density at radius 3 is 2.36 bits per heavy atom. The van der Waals surface area contributed by atoms with Crippen LogP contribution >= 0.6 is 0 Å². The molecule has 1 amide bonds. The first kappa shape index (κ1) is 25.4. The van der Waals surface area contributed by atoms with Gasteiger partial charge in [0.15, 0.2) is 6.10 Å². The molecule has 0 aliphatic carbocycles. The summed E-state index contributed by atoms with van der Waals surface area (Å²) in [5.74, 6) is 1.12. The van der Waals surface area contributed by atoms with Crippen LogP contribution in [0.4, 0.5) is 5.69 Å². The van der Waals surface area contributed by atoms with Gasteiger partial charge in [-0.25, -0.2) is 8.42 Å². The summed E-state index contributed by atoms with van der Waals surface area (Å²) in [6.45, 7) is 5.42. The standard InChI is InChI=1S/C27H30N2O6S/c1-17-6-10-21(11-7-17)36(31,32)29-16-26(35-25-14-18(2)8-12-23(25)29)27(30)28-19(3)22-15-20(33-4)9-13-24(22)34-5/h6-15,19,26H,16H2,1-5H3,(H,28,30)/t19-,26-/m0/s1. The maximum Gasteiger partial charge on any atom is 0.264 e. The number of nitrogens with one attached hydrogen (secondary N) is 1. The molecule has 0 spiro atoms. The van der Waals surface area contributed by atoms with Crippen LogP contribution in [0, 0.1) is 13.8 Å². The van der Waals surface area contributed by atoms with Crippen LogP contribution in [0.1, 0.15) is 29.7 Å². The van der Waals surface area contributed by atoms with Gasteiger partial charge in [-0.2, -0.15) is 0 Å². The van der Waals surface area contributed by atoms with Gasteiger partial charge in [-0.1, -0.05) is 23.8 Å². The van der Waals surface area contributed by atoms with E-state index in [9.17, 15) is 13.2 Å². The largest absolute Gasteiger partial charge is 0.497 e. The molecule has 0 saturated heterocycles. The van der Waals surface area contributed by atoms with Crippen LogP contribution in [0.15, 0.2) is 65.6 Å². The van der Waals surface area contributed by atoms with Crippen molar-refractivity contribution in [2.24, 2.45) is 0 Å². The predicted molar refractivity (Wildman–Crippen MR) is 137 cm³/mol. The lowest BCUT2D eigenvalue weighted by molar-refractivity contribution is -0.128. The lowest BCUT2D eigenvalue weighted by Crippen LogP contribution is -2.51. The quantitative estimate of drug-likeness (QED) is 0.513. The summed E-state index contributed by atoms with van der Waals surface area (Å²) < 4.78 is 45.3. The Morgan fingerprint density at radius 2 is 1.69 bits per heavy atom. The molecule has 190 valence electrons. The highest BCUT2D eigenvalue weighted by Crippen LogP contribution is 2.38. The first-order valence-corrected chi connectivity index (χ1v) is 13.0. The van der Waals surface area contributed by atoms with Crippen molar-refractivity contribution in [3.05, 3.63) is 77.4 Å². The molecule has 4 rings (SSSR count). The van der Waals surface area contributed by atoms with Crippen molar-refractivity contribution >= 4 is 21.6 Å². The van der Waals surface area contributed by atoms with Gasteiger partial charge in [0.2, 0.25) is 0 Å². The molecule has 3 aromatic rings. The van der Waals surface area contributed by atoms with E-state index in [1.54, 1.807) is 68.8 Å². The molecule has 0 radical (unpaired) electrons. The fourth-order valence-electron chi connectivity index (χ4n) is 4.12. The van der Waals surface area contributed by atoms with Crippen molar-refractivity contribution in [2.45, 2.75) is 37.8 Å². The monoisotopic (exact) mass is 510 g/mol. The second-order valence-electron chi connectivity index (χ2n) is 8.77. The number of nitrogens with zero attached hydrogens (tertiary/aromatic N) is 1. The lowest BCUT2D eigenvalue weighted by Gasteiger charge is -2.35. The maximum atomic E-state index is 13.6. The zero-order valence-corrected chi connectivity index (χ0v) is 21.8. The number of amides is 1. The Bertz CT molecular complexity index is 1370. The summed E-state index contributed by atoms with van der Waals surface area (Å²) in [5, 5.41) is 2.94. The van der Waals surface area contributed by atoms with E-state index in [0.29, 0.717) is 22.9 Å². The molecule has 1 aliphatic rings. The van der Waals surface area contributed by atoms with E-state index in [1.807, 2.05) is 26.8 Å². The number of fused-ring (bicyclic) bond motifs is 1. The molecule has 0 aromatic heterocycles. The van der Waals surface area contributed by atoms with Gasteiger partial charge in [-0.05, 0) is 68.8 Å². The molecule has 1 aliphatic heterocycles. The molecule has 9 heteroatoms. The van der Waals surface area contributed by atoms with Gasteiger partial charge in [0.05, 0.1) is 37.4 Å². The van der Waals surface area contributed by atoms with Crippen LogP contribution in [0.5, 0.6) is 17.2 Å². The number of rotatable bonds is 7. The number of ether oxygens (including phenoxy) is 3. The molecule has 2 atom stereocenters. The number of anilines is 1. The van der Waals surface area contributed by atoms with E-state index in [1.165, 1.54) is 4.31 Å². The zero-order chi connectivity index (χ0) is 26.0. The Morgan fingerprint density at radius 1 is 1.00 bits per heavy atom. The molecule has 1 heterocycles. The van der Waals surface area contributed by atoms with Crippen molar-refractivity contribution < 1.29 is 27.4 Å². The van der Waals surface area contributed by atoms with E-state index in [4.69, 9.17) is 14.2 Å². The zero-order valence-electron chi connectivity index (χ0n) is 20.9. The highest BCUT2D eigenvalue weighted by atomic mass is 32.2. The third-order valence-corrected chi connectivity index (χ3v) is 7.94.